The number of piperidine rings is 2. The minimum atomic E-state index is -1.08. The van der Waals surface area contributed by atoms with Crippen molar-refractivity contribution in [3.63, 3.8) is 0 Å². The molecule has 59 heavy (non-hydrogen) atoms. The SMILES string of the molecule is CB(O)N1CCC(Oc2c(F)cc([N+](=O)[O-])cc2F)CC1.Nc1cc(CN2CCC(Oc3c(F)cc(-n4c(-c5ccccn5)nc5cccnc54)cc3F)CC2)ccn1. The van der Waals surface area contributed by atoms with Crippen molar-refractivity contribution in [2.75, 3.05) is 31.9 Å². The Bertz CT molecular complexity index is 2370. The normalized spacial score (nSPS) is 15.4. The molecule has 8 rings (SSSR count). The van der Waals surface area contributed by atoms with Crippen LogP contribution in [0, 0.1) is 33.4 Å². The summed E-state index contributed by atoms with van der Waals surface area (Å²) in [5.41, 5.74) is 8.09. The zero-order chi connectivity index (χ0) is 41.6. The Hall–Kier alpha value is -6.18. The predicted octanol–water partition coefficient (Wildman–Crippen LogP) is 6.61. The third kappa shape index (κ3) is 9.76. The first-order valence-electron chi connectivity index (χ1n) is 19.0. The van der Waals surface area contributed by atoms with Gasteiger partial charge in [0.1, 0.15) is 29.2 Å². The number of imidazole rings is 1. The third-order valence-corrected chi connectivity index (χ3v) is 10.1. The van der Waals surface area contributed by atoms with Crippen LogP contribution < -0.4 is 15.2 Å². The van der Waals surface area contributed by atoms with Gasteiger partial charge < -0.3 is 25.0 Å². The molecule has 0 aliphatic carbocycles. The quantitative estimate of drug-likeness (QED) is 0.0658. The zero-order valence-electron chi connectivity index (χ0n) is 31.9. The van der Waals surface area contributed by atoms with Gasteiger partial charge in [-0.2, -0.15) is 0 Å². The van der Waals surface area contributed by atoms with Crippen molar-refractivity contribution in [1.29, 1.82) is 0 Å². The summed E-state index contributed by atoms with van der Waals surface area (Å²) in [6, 6.07) is 16.5. The van der Waals surface area contributed by atoms with Crippen LogP contribution in [-0.2, 0) is 6.54 Å². The van der Waals surface area contributed by atoms with Crippen LogP contribution in [0.5, 0.6) is 11.5 Å². The first-order chi connectivity index (χ1) is 28.4. The lowest BCUT2D eigenvalue weighted by atomic mass is 9.82. The van der Waals surface area contributed by atoms with E-state index in [1.807, 2.05) is 23.0 Å². The Labute approximate surface area is 336 Å². The van der Waals surface area contributed by atoms with Crippen LogP contribution in [0.1, 0.15) is 31.2 Å². The summed E-state index contributed by atoms with van der Waals surface area (Å²) >= 11 is 0. The average Bonchev–Trinajstić information content (AvgIpc) is 3.62. The largest absolute Gasteiger partial charge is 0.484 e. The second-order valence-corrected chi connectivity index (χ2v) is 14.2. The number of anilines is 1. The van der Waals surface area contributed by atoms with E-state index in [9.17, 15) is 23.9 Å². The number of likely N-dealkylation sites (tertiary alicyclic amines) is 1. The highest BCUT2D eigenvalue weighted by atomic mass is 19.1. The molecule has 6 aromatic rings. The van der Waals surface area contributed by atoms with Crippen molar-refractivity contribution in [3.05, 3.63) is 124 Å². The molecule has 0 spiro atoms. The maximum atomic E-state index is 15.3. The molecule has 306 valence electrons. The van der Waals surface area contributed by atoms with Gasteiger partial charge in [-0.1, -0.05) is 6.07 Å². The molecule has 0 atom stereocenters. The molecule has 4 aromatic heterocycles. The molecular formula is C40H40BF4N9O5. The molecule has 2 aliphatic heterocycles. The Morgan fingerprint density at radius 3 is 2.00 bits per heavy atom. The highest BCUT2D eigenvalue weighted by Gasteiger charge is 2.28. The highest BCUT2D eigenvalue weighted by Crippen LogP contribution is 2.33. The number of ether oxygens (including phenoxy) is 2. The highest BCUT2D eigenvalue weighted by molar-refractivity contribution is 6.45. The van der Waals surface area contributed by atoms with E-state index in [1.54, 1.807) is 54.2 Å². The molecular weight excluding hydrogens is 773 g/mol. The first kappa shape index (κ1) is 41.0. The Morgan fingerprint density at radius 1 is 0.814 bits per heavy atom. The Kier molecular flexibility index (Phi) is 12.6. The fraction of sp³-hybridized carbons (Fsp3) is 0.300. The monoisotopic (exact) mass is 813 g/mol. The molecule has 14 nitrogen and oxygen atoms in total. The van der Waals surface area contributed by atoms with Crippen molar-refractivity contribution >= 4 is 29.7 Å². The number of fused-ring (bicyclic) bond motifs is 1. The number of hydrogen-bond donors (Lipinski definition) is 2. The van der Waals surface area contributed by atoms with Crippen molar-refractivity contribution < 1.29 is 37.0 Å². The number of hydrogen-bond acceptors (Lipinski definition) is 12. The van der Waals surface area contributed by atoms with Crippen molar-refractivity contribution in [1.82, 2.24) is 34.2 Å². The summed E-state index contributed by atoms with van der Waals surface area (Å²) in [6.07, 6.45) is 6.61. The van der Waals surface area contributed by atoms with E-state index in [-0.39, 0.29) is 23.6 Å². The second-order valence-electron chi connectivity index (χ2n) is 14.2. The number of nitrogens with zero attached hydrogens (tertiary/aromatic N) is 8. The smallest absolute Gasteiger partial charge is 0.376 e. The second kappa shape index (κ2) is 18.2. The van der Waals surface area contributed by atoms with E-state index >= 15 is 8.78 Å². The van der Waals surface area contributed by atoms with Crippen LogP contribution in [0.3, 0.4) is 0 Å². The van der Waals surface area contributed by atoms with Gasteiger partial charge in [-0.3, -0.25) is 24.6 Å². The fourth-order valence-corrected chi connectivity index (χ4v) is 7.11. The molecule has 0 amide bonds. The number of nitro groups is 1. The number of aromatic nitrogens is 5. The Morgan fingerprint density at radius 2 is 1.42 bits per heavy atom. The Balaban J connectivity index is 0.000000213. The maximum absolute atomic E-state index is 15.3. The molecule has 19 heteroatoms. The lowest BCUT2D eigenvalue weighted by Crippen LogP contribution is -2.45. The van der Waals surface area contributed by atoms with E-state index in [0.717, 1.165) is 25.2 Å². The number of rotatable bonds is 10. The van der Waals surface area contributed by atoms with Crippen LogP contribution in [0.25, 0.3) is 28.4 Å². The predicted molar refractivity (Wildman–Crippen MR) is 212 cm³/mol. The average molecular weight is 814 g/mol. The topological polar surface area (TPSA) is 171 Å². The first-order valence-corrected chi connectivity index (χ1v) is 19.0. The molecule has 0 bridgehead atoms. The molecule has 0 saturated carbocycles. The molecule has 3 N–H and O–H groups in total. The van der Waals surface area contributed by atoms with E-state index in [2.05, 4.69) is 24.8 Å². The van der Waals surface area contributed by atoms with Gasteiger partial charge in [-0.15, -0.1) is 0 Å². The van der Waals surface area contributed by atoms with Gasteiger partial charge in [0.05, 0.1) is 22.7 Å². The van der Waals surface area contributed by atoms with Gasteiger partial charge in [0, 0.05) is 50.4 Å². The molecule has 2 aliphatic rings. The number of benzene rings is 2. The van der Waals surface area contributed by atoms with Gasteiger partial charge in [0.15, 0.2) is 46.2 Å². The van der Waals surface area contributed by atoms with E-state index in [0.29, 0.717) is 79.4 Å². The fourth-order valence-electron chi connectivity index (χ4n) is 7.11. The summed E-state index contributed by atoms with van der Waals surface area (Å²) in [5, 5.41) is 19.9. The summed E-state index contributed by atoms with van der Waals surface area (Å²) in [7, 11) is -0.571. The van der Waals surface area contributed by atoms with Crippen molar-refractivity contribution in [2.45, 2.75) is 51.3 Å². The summed E-state index contributed by atoms with van der Waals surface area (Å²) in [6.45, 7) is 4.99. The maximum Gasteiger partial charge on any atom is 0.376 e. The minimum absolute atomic E-state index is 0.251. The van der Waals surface area contributed by atoms with Gasteiger partial charge in [0.2, 0.25) is 0 Å². The number of halogens is 4. The number of pyridine rings is 3. The van der Waals surface area contributed by atoms with Gasteiger partial charge in [0.25, 0.3) is 5.69 Å². The van der Waals surface area contributed by atoms with Gasteiger partial charge in [-0.25, -0.2) is 32.5 Å². The number of nitro benzene ring substituents is 1. The number of nitrogens with two attached hydrogens (primary N) is 1. The molecule has 6 heterocycles. The molecule has 0 unspecified atom stereocenters. The summed E-state index contributed by atoms with van der Waals surface area (Å²) in [5.74, 6) is -3.75. The van der Waals surface area contributed by atoms with E-state index in [4.69, 9.17) is 15.2 Å². The third-order valence-electron chi connectivity index (χ3n) is 10.1. The molecule has 2 fully saturated rings. The van der Waals surface area contributed by atoms with Crippen molar-refractivity contribution in [2.24, 2.45) is 0 Å². The van der Waals surface area contributed by atoms with Crippen LogP contribution in [0.2, 0.25) is 6.82 Å². The summed E-state index contributed by atoms with van der Waals surface area (Å²) < 4.78 is 70.8. The van der Waals surface area contributed by atoms with Gasteiger partial charge >= 0.3 is 7.05 Å². The van der Waals surface area contributed by atoms with Crippen LogP contribution in [0.4, 0.5) is 29.1 Å². The standard InChI is InChI=1S/C28H25F2N7O.C12H15BF2N2O4/c29-21-15-19(37-27-24(5-3-10-34-27)35-28(37)23-4-1-2-9-32-23)16-22(30)26(21)38-20-7-12-36(13-8-20)17-18-6-11-33-25(31)14-18;1-13(18)16-4-2-9(3-5-16)21-12-10(14)6-8(17(19)20)7-11(12)15/h1-6,9-11,14-16,20H,7-8,12-13,17H2,(H2,31,33);6-7,9,18H,2-5H2,1H3. The minimum Gasteiger partial charge on any atom is -0.484 e. The molecule has 2 saturated heterocycles. The number of non-ortho nitro benzene ring substituents is 1. The number of nitrogen functional groups attached to an aromatic ring is 1. The summed E-state index contributed by atoms with van der Waals surface area (Å²) in [4.78, 5) is 31.1. The zero-order valence-corrected chi connectivity index (χ0v) is 31.9. The van der Waals surface area contributed by atoms with Crippen LogP contribution in [-0.4, -0.2) is 89.6 Å². The van der Waals surface area contributed by atoms with Gasteiger partial charge in [-0.05, 0) is 87.6 Å². The van der Waals surface area contributed by atoms with Crippen LogP contribution in [0.15, 0.2) is 85.3 Å². The lowest BCUT2D eigenvalue weighted by molar-refractivity contribution is -0.385. The van der Waals surface area contributed by atoms with E-state index in [1.165, 1.54) is 12.1 Å². The molecule has 0 radical (unpaired) electrons. The van der Waals surface area contributed by atoms with Crippen molar-refractivity contribution in [3.8, 4) is 28.7 Å². The van der Waals surface area contributed by atoms with E-state index < -0.39 is 46.7 Å². The lowest BCUT2D eigenvalue weighted by Gasteiger charge is -2.32. The van der Waals surface area contributed by atoms with Crippen LogP contribution >= 0.6 is 0 Å². The molecule has 2 aromatic carbocycles.